The Bertz CT molecular complexity index is 200. The Morgan fingerprint density at radius 2 is 1.93 bits per heavy atom. The third kappa shape index (κ3) is 11.1. The molecule has 0 rings (SSSR count). The van der Waals surface area contributed by atoms with E-state index in [9.17, 15) is 4.79 Å². The second-order valence-corrected chi connectivity index (χ2v) is 4.27. The zero-order valence-electron chi connectivity index (χ0n) is 10.2. The summed E-state index contributed by atoms with van der Waals surface area (Å²) in [7, 11) is 0. The first-order valence-electron chi connectivity index (χ1n) is 5.67. The van der Waals surface area contributed by atoms with Gasteiger partial charge >= 0.3 is 0 Å². The number of rotatable bonds is 8. The van der Waals surface area contributed by atoms with Crippen molar-refractivity contribution >= 4 is 5.91 Å². The summed E-state index contributed by atoms with van der Waals surface area (Å²) < 4.78 is 0. The van der Waals surface area contributed by atoms with Crippen molar-refractivity contribution in [2.24, 2.45) is 0 Å². The van der Waals surface area contributed by atoms with Crippen LogP contribution in [0.2, 0.25) is 0 Å². The third-order valence-electron chi connectivity index (χ3n) is 2.01. The molecule has 0 aromatic heterocycles. The molecule has 15 heavy (non-hydrogen) atoms. The molecule has 0 bridgehead atoms. The van der Waals surface area contributed by atoms with Gasteiger partial charge in [-0.25, -0.2) is 0 Å². The average molecular weight is 212 g/mol. The molecule has 0 unspecified atom stereocenters. The molecule has 0 atom stereocenters. The summed E-state index contributed by atoms with van der Waals surface area (Å²) in [5.74, 6) is 0.127. The summed E-state index contributed by atoms with van der Waals surface area (Å²) in [5.41, 5.74) is 1.06. The van der Waals surface area contributed by atoms with Crippen molar-refractivity contribution in [1.82, 2.24) is 10.6 Å². The van der Waals surface area contributed by atoms with E-state index >= 15 is 0 Å². The van der Waals surface area contributed by atoms with Crippen LogP contribution in [0, 0.1) is 0 Å². The highest BCUT2D eigenvalue weighted by Gasteiger charge is 2.00. The molecule has 0 saturated heterocycles. The Labute approximate surface area is 93.3 Å². The third-order valence-corrected chi connectivity index (χ3v) is 2.01. The van der Waals surface area contributed by atoms with Crippen molar-refractivity contribution in [1.29, 1.82) is 0 Å². The van der Waals surface area contributed by atoms with E-state index in [-0.39, 0.29) is 5.91 Å². The van der Waals surface area contributed by atoms with Gasteiger partial charge in [-0.05, 0) is 26.3 Å². The molecule has 0 radical (unpaired) electrons. The van der Waals surface area contributed by atoms with E-state index in [4.69, 9.17) is 0 Å². The van der Waals surface area contributed by atoms with E-state index in [2.05, 4.69) is 31.1 Å². The Morgan fingerprint density at radius 3 is 2.47 bits per heavy atom. The molecule has 0 spiro atoms. The van der Waals surface area contributed by atoms with Gasteiger partial charge in [-0.1, -0.05) is 19.4 Å². The zero-order chi connectivity index (χ0) is 11.7. The highest BCUT2D eigenvalue weighted by Crippen LogP contribution is 1.99. The maximum atomic E-state index is 11.3. The normalized spacial score (nSPS) is 10.4. The lowest BCUT2D eigenvalue weighted by molar-refractivity contribution is -0.121. The number of nitrogens with one attached hydrogen (secondary N) is 2. The van der Waals surface area contributed by atoms with E-state index in [0.29, 0.717) is 12.5 Å². The van der Waals surface area contributed by atoms with Crippen molar-refractivity contribution in [3.63, 3.8) is 0 Å². The second-order valence-electron chi connectivity index (χ2n) is 4.27. The first kappa shape index (κ1) is 14.2. The van der Waals surface area contributed by atoms with Crippen LogP contribution < -0.4 is 10.6 Å². The summed E-state index contributed by atoms with van der Waals surface area (Å²) in [4.78, 5) is 11.3. The lowest BCUT2D eigenvalue weighted by Gasteiger charge is -2.08. The Balaban J connectivity index is 3.28. The van der Waals surface area contributed by atoms with E-state index in [0.717, 1.165) is 31.5 Å². The van der Waals surface area contributed by atoms with Crippen LogP contribution >= 0.6 is 0 Å². The fraction of sp³-hybridized carbons (Fsp3) is 0.750. The molecular weight excluding hydrogens is 188 g/mol. The van der Waals surface area contributed by atoms with Gasteiger partial charge in [0.25, 0.3) is 0 Å². The van der Waals surface area contributed by atoms with Crippen LogP contribution in [0.25, 0.3) is 0 Å². The first-order chi connectivity index (χ1) is 7.02. The Morgan fingerprint density at radius 1 is 1.27 bits per heavy atom. The standard InChI is InChI=1S/C12H24N2O/c1-10(2)6-7-12(15)14-9-5-8-13-11(3)4/h11,13H,1,5-9H2,2-4H3,(H,14,15). The number of allylic oxidation sites excluding steroid dienone is 1. The molecule has 0 fully saturated rings. The monoisotopic (exact) mass is 212 g/mol. The molecule has 0 saturated carbocycles. The summed E-state index contributed by atoms with van der Waals surface area (Å²) in [6, 6.07) is 0.518. The van der Waals surface area contributed by atoms with Crippen molar-refractivity contribution in [2.75, 3.05) is 13.1 Å². The largest absolute Gasteiger partial charge is 0.356 e. The zero-order valence-corrected chi connectivity index (χ0v) is 10.2. The summed E-state index contributed by atoms with van der Waals surface area (Å²) >= 11 is 0. The van der Waals surface area contributed by atoms with Crippen molar-refractivity contribution in [3.8, 4) is 0 Å². The fourth-order valence-electron chi connectivity index (χ4n) is 1.12. The predicted molar refractivity (Wildman–Crippen MR) is 64.8 cm³/mol. The van der Waals surface area contributed by atoms with Crippen molar-refractivity contribution in [3.05, 3.63) is 12.2 Å². The van der Waals surface area contributed by atoms with Crippen molar-refractivity contribution in [2.45, 2.75) is 46.1 Å². The van der Waals surface area contributed by atoms with Gasteiger partial charge in [0.15, 0.2) is 0 Å². The second kappa shape index (κ2) is 8.48. The molecule has 0 aliphatic carbocycles. The highest BCUT2D eigenvalue weighted by atomic mass is 16.1. The van der Waals surface area contributed by atoms with Crippen molar-refractivity contribution < 1.29 is 4.79 Å². The smallest absolute Gasteiger partial charge is 0.220 e. The molecule has 88 valence electrons. The molecule has 2 N–H and O–H groups in total. The minimum Gasteiger partial charge on any atom is -0.356 e. The molecule has 1 amide bonds. The summed E-state index contributed by atoms with van der Waals surface area (Å²) in [6.07, 6.45) is 2.33. The molecule has 3 heteroatoms. The van der Waals surface area contributed by atoms with Crippen LogP contribution in [0.15, 0.2) is 12.2 Å². The van der Waals surface area contributed by atoms with Crippen LogP contribution in [0.4, 0.5) is 0 Å². The maximum absolute atomic E-state index is 11.3. The summed E-state index contributed by atoms with van der Waals surface area (Å²) in [5, 5.41) is 6.20. The van der Waals surface area contributed by atoms with Crippen LogP contribution in [0.1, 0.15) is 40.0 Å². The minimum atomic E-state index is 0.127. The van der Waals surface area contributed by atoms with Gasteiger partial charge in [0.2, 0.25) is 5.91 Å². The average Bonchev–Trinajstić information content (AvgIpc) is 2.13. The quantitative estimate of drug-likeness (QED) is 0.476. The molecule has 0 aliphatic heterocycles. The molecular formula is C12H24N2O. The van der Waals surface area contributed by atoms with Gasteiger partial charge in [-0.15, -0.1) is 6.58 Å². The van der Waals surface area contributed by atoms with Gasteiger partial charge < -0.3 is 10.6 Å². The van der Waals surface area contributed by atoms with Gasteiger partial charge in [0, 0.05) is 19.0 Å². The Hall–Kier alpha value is -0.830. The molecule has 3 nitrogen and oxygen atoms in total. The minimum absolute atomic E-state index is 0.127. The fourth-order valence-corrected chi connectivity index (χ4v) is 1.12. The molecule has 0 heterocycles. The van der Waals surface area contributed by atoms with Crippen LogP contribution in [0.5, 0.6) is 0 Å². The number of amides is 1. The predicted octanol–water partition coefficient (Wildman–Crippen LogP) is 1.85. The van der Waals surface area contributed by atoms with E-state index < -0.39 is 0 Å². The number of carbonyl (C=O) groups is 1. The SMILES string of the molecule is C=C(C)CCC(=O)NCCCNC(C)C. The Kier molecular flexibility index (Phi) is 8.01. The van der Waals surface area contributed by atoms with Gasteiger partial charge in [-0.3, -0.25) is 4.79 Å². The number of carbonyl (C=O) groups excluding carboxylic acids is 1. The number of hydrogen-bond acceptors (Lipinski definition) is 2. The van der Waals surface area contributed by atoms with Crippen LogP contribution in [0.3, 0.4) is 0 Å². The highest BCUT2D eigenvalue weighted by molar-refractivity contribution is 5.76. The van der Waals surface area contributed by atoms with E-state index in [1.807, 2.05) is 6.92 Å². The van der Waals surface area contributed by atoms with E-state index in [1.54, 1.807) is 0 Å². The van der Waals surface area contributed by atoms with Gasteiger partial charge in [0.05, 0.1) is 0 Å². The molecule has 0 aromatic carbocycles. The first-order valence-corrected chi connectivity index (χ1v) is 5.67. The maximum Gasteiger partial charge on any atom is 0.220 e. The van der Waals surface area contributed by atoms with E-state index in [1.165, 1.54) is 0 Å². The topological polar surface area (TPSA) is 41.1 Å². The number of hydrogen-bond donors (Lipinski definition) is 2. The van der Waals surface area contributed by atoms with Gasteiger partial charge in [0.1, 0.15) is 0 Å². The van der Waals surface area contributed by atoms with Crippen LogP contribution in [-0.4, -0.2) is 25.0 Å². The van der Waals surface area contributed by atoms with Crippen LogP contribution in [-0.2, 0) is 4.79 Å². The molecule has 0 aliphatic rings. The summed E-state index contributed by atoms with van der Waals surface area (Å²) in [6.45, 7) is 11.7. The molecule has 0 aromatic rings. The lowest BCUT2D eigenvalue weighted by atomic mass is 10.2. The van der Waals surface area contributed by atoms with Gasteiger partial charge in [-0.2, -0.15) is 0 Å². The lowest BCUT2D eigenvalue weighted by Crippen LogP contribution is -2.29.